The molecular formula is C20H22O4. The quantitative estimate of drug-likeness (QED) is 0.750. The van der Waals surface area contributed by atoms with Crippen molar-refractivity contribution in [2.24, 2.45) is 5.92 Å². The van der Waals surface area contributed by atoms with Crippen LogP contribution >= 0.6 is 0 Å². The van der Waals surface area contributed by atoms with Gasteiger partial charge in [-0.15, -0.1) is 0 Å². The van der Waals surface area contributed by atoms with E-state index in [4.69, 9.17) is 9.47 Å². The van der Waals surface area contributed by atoms with E-state index in [2.05, 4.69) is 0 Å². The maximum absolute atomic E-state index is 12.3. The van der Waals surface area contributed by atoms with Gasteiger partial charge in [-0.25, -0.2) is 9.59 Å². The van der Waals surface area contributed by atoms with Crippen molar-refractivity contribution >= 4 is 11.9 Å². The van der Waals surface area contributed by atoms with Crippen LogP contribution in [0.2, 0.25) is 0 Å². The van der Waals surface area contributed by atoms with Gasteiger partial charge in [-0.05, 0) is 37.1 Å². The third-order valence-electron chi connectivity index (χ3n) is 3.67. The van der Waals surface area contributed by atoms with Gasteiger partial charge >= 0.3 is 11.9 Å². The molecule has 126 valence electrons. The third-order valence-corrected chi connectivity index (χ3v) is 3.67. The Morgan fingerprint density at radius 1 is 0.708 bits per heavy atom. The van der Waals surface area contributed by atoms with Gasteiger partial charge in [-0.3, -0.25) is 0 Å². The second kappa shape index (κ2) is 8.29. The van der Waals surface area contributed by atoms with E-state index in [0.717, 1.165) is 0 Å². The molecule has 0 fully saturated rings. The minimum atomic E-state index is -0.551. The smallest absolute Gasteiger partial charge is 0.338 e. The zero-order valence-corrected chi connectivity index (χ0v) is 14.1. The van der Waals surface area contributed by atoms with Crippen LogP contribution in [-0.4, -0.2) is 24.1 Å². The lowest BCUT2D eigenvalue weighted by atomic mass is 10.0. The van der Waals surface area contributed by atoms with Crippen LogP contribution in [0.15, 0.2) is 60.7 Å². The minimum absolute atomic E-state index is 0.0104. The molecule has 0 aliphatic carbocycles. The summed E-state index contributed by atoms with van der Waals surface area (Å²) < 4.78 is 11.1. The van der Waals surface area contributed by atoms with Gasteiger partial charge in [0.2, 0.25) is 0 Å². The number of rotatable bonds is 6. The molecule has 0 radical (unpaired) electrons. The van der Waals surface area contributed by atoms with Crippen molar-refractivity contribution in [1.82, 2.24) is 0 Å². The Kier molecular flexibility index (Phi) is 6.13. The van der Waals surface area contributed by atoms with Gasteiger partial charge in [0.25, 0.3) is 0 Å². The Morgan fingerprint density at radius 2 is 1.12 bits per heavy atom. The number of hydrogen-bond donors (Lipinski definition) is 0. The van der Waals surface area contributed by atoms with Gasteiger partial charge in [0.1, 0.15) is 12.2 Å². The first kappa shape index (κ1) is 17.7. The lowest BCUT2D eigenvalue weighted by molar-refractivity contribution is -0.0450. The molecule has 2 unspecified atom stereocenters. The molecule has 0 amide bonds. The second-order valence-electron chi connectivity index (χ2n) is 5.96. The fraction of sp³-hybridized carbons (Fsp3) is 0.300. The van der Waals surface area contributed by atoms with Gasteiger partial charge < -0.3 is 9.47 Å². The van der Waals surface area contributed by atoms with E-state index in [1.807, 2.05) is 26.0 Å². The Morgan fingerprint density at radius 3 is 1.54 bits per heavy atom. The molecule has 0 spiro atoms. The molecule has 0 aliphatic heterocycles. The molecule has 0 bridgehead atoms. The topological polar surface area (TPSA) is 52.6 Å². The average molecular weight is 326 g/mol. The Balaban J connectivity index is 2.04. The minimum Gasteiger partial charge on any atom is -0.455 e. The van der Waals surface area contributed by atoms with E-state index in [1.165, 1.54) is 0 Å². The Hall–Kier alpha value is -2.62. The van der Waals surface area contributed by atoms with Crippen molar-refractivity contribution in [1.29, 1.82) is 0 Å². The van der Waals surface area contributed by atoms with E-state index >= 15 is 0 Å². The van der Waals surface area contributed by atoms with Crippen LogP contribution in [0.1, 0.15) is 41.5 Å². The largest absolute Gasteiger partial charge is 0.455 e. The summed E-state index contributed by atoms with van der Waals surface area (Å²) in [4.78, 5) is 24.4. The number of carbonyl (C=O) groups excluding carboxylic acids is 2. The molecule has 2 aromatic rings. The molecule has 0 saturated carbocycles. The number of ether oxygens (including phenoxy) is 2. The molecule has 2 atom stereocenters. The van der Waals surface area contributed by atoms with Crippen molar-refractivity contribution < 1.29 is 19.1 Å². The summed E-state index contributed by atoms with van der Waals surface area (Å²) in [6, 6.07) is 17.5. The molecule has 0 heterocycles. The SMILES string of the molecule is CC(C)C(OC(=O)c1ccccc1)C(C)OC(=O)c1ccccc1. The molecule has 24 heavy (non-hydrogen) atoms. The summed E-state index contributed by atoms with van der Waals surface area (Å²) in [5, 5.41) is 0. The average Bonchev–Trinajstić information content (AvgIpc) is 2.60. The highest BCUT2D eigenvalue weighted by molar-refractivity contribution is 5.90. The van der Waals surface area contributed by atoms with E-state index in [1.54, 1.807) is 55.5 Å². The van der Waals surface area contributed by atoms with Gasteiger partial charge in [0.05, 0.1) is 11.1 Å². The fourth-order valence-electron chi connectivity index (χ4n) is 2.42. The van der Waals surface area contributed by atoms with Crippen molar-refractivity contribution in [2.45, 2.75) is 33.0 Å². The van der Waals surface area contributed by atoms with Gasteiger partial charge in [-0.2, -0.15) is 0 Å². The Labute approximate surface area is 142 Å². The third kappa shape index (κ3) is 4.69. The molecule has 4 heteroatoms. The van der Waals surface area contributed by atoms with E-state index in [0.29, 0.717) is 11.1 Å². The van der Waals surface area contributed by atoms with Gasteiger partial charge in [0.15, 0.2) is 0 Å². The molecule has 0 N–H and O–H groups in total. The lowest BCUT2D eigenvalue weighted by Gasteiger charge is -2.27. The summed E-state index contributed by atoms with van der Waals surface area (Å²) in [6.45, 7) is 5.59. The molecule has 0 aliphatic rings. The molecular weight excluding hydrogens is 304 g/mol. The maximum Gasteiger partial charge on any atom is 0.338 e. The summed E-state index contributed by atoms with van der Waals surface area (Å²) in [5.74, 6) is -0.836. The van der Waals surface area contributed by atoms with Crippen LogP contribution in [0.25, 0.3) is 0 Å². The molecule has 0 saturated heterocycles. The van der Waals surface area contributed by atoms with E-state index in [9.17, 15) is 9.59 Å². The van der Waals surface area contributed by atoms with Gasteiger partial charge in [0, 0.05) is 0 Å². The first-order chi connectivity index (χ1) is 11.5. The molecule has 0 aromatic heterocycles. The van der Waals surface area contributed by atoms with Crippen LogP contribution < -0.4 is 0 Å². The van der Waals surface area contributed by atoms with E-state index < -0.39 is 24.1 Å². The first-order valence-corrected chi connectivity index (χ1v) is 8.01. The van der Waals surface area contributed by atoms with E-state index in [-0.39, 0.29) is 5.92 Å². The molecule has 4 nitrogen and oxygen atoms in total. The lowest BCUT2D eigenvalue weighted by Crippen LogP contribution is -2.37. The number of benzene rings is 2. The summed E-state index contributed by atoms with van der Waals surface area (Å²) in [7, 11) is 0. The highest BCUT2D eigenvalue weighted by Gasteiger charge is 2.28. The number of hydrogen-bond acceptors (Lipinski definition) is 4. The highest BCUT2D eigenvalue weighted by Crippen LogP contribution is 2.18. The second-order valence-corrected chi connectivity index (χ2v) is 5.96. The van der Waals surface area contributed by atoms with Crippen molar-refractivity contribution in [3.8, 4) is 0 Å². The summed E-state index contributed by atoms with van der Waals surface area (Å²) in [5.41, 5.74) is 0.950. The van der Waals surface area contributed by atoms with Gasteiger partial charge in [-0.1, -0.05) is 50.2 Å². The number of esters is 2. The summed E-state index contributed by atoms with van der Waals surface area (Å²) >= 11 is 0. The van der Waals surface area contributed by atoms with Crippen LogP contribution in [0, 0.1) is 5.92 Å². The standard InChI is InChI=1S/C20H22O4/c1-14(2)18(24-20(22)17-12-8-5-9-13-17)15(3)23-19(21)16-10-6-4-7-11-16/h4-15,18H,1-3H3. The van der Waals surface area contributed by atoms with Crippen LogP contribution in [0.5, 0.6) is 0 Å². The first-order valence-electron chi connectivity index (χ1n) is 8.01. The zero-order chi connectivity index (χ0) is 17.5. The van der Waals surface area contributed by atoms with Crippen molar-refractivity contribution in [3.63, 3.8) is 0 Å². The maximum atomic E-state index is 12.3. The predicted molar refractivity (Wildman–Crippen MR) is 91.8 cm³/mol. The highest BCUT2D eigenvalue weighted by atomic mass is 16.6. The van der Waals surface area contributed by atoms with Crippen LogP contribution in [-0.2, 0) is 9.47 Å². The zero-order valence-electron chi connectivity index (χ0n) is 14.1. The molecule has 2 rings (SSSR count). The van der Waals surface area contributed by atoms with Crippen LogP contribution in [0.3, 0.4) is 0 Å². The van der Waals surface area contributed by atoms with Crippen LogP contribution in [0.4, 0.5) is 0 Å². The monoisotopic (exact) mass is 326 g/mol. The van der Waals surface area contributed by atoms with Crippen molar-refractivity contribution in [3.05, 3.63) is 71.8 Å². The van der Waals surface area contributed by atoms with Crippen molar-refractivity contribution in [2.75, 3.05) is 0 Å². The fourth-order valence-corrected chi connectivity index (χ4v) is 2.42. The number of carbonyl (C=O) groups is 2. The Bertz CT molecular complexity index is 665. The predicted octanol–water partition coefficient (Wildman–Crippen LogP) is 4.11. The normalized spacial score (nSPS) is 13.2. The molecule has 2 aromatic carbocycles. The summed E-state index contributed by atoms with van der Waals surface area (Å²) in [6.07, 6.45) is -1.07.